The first-order valence-corrected chi connectivity index (χ1v) is 6.43. The standard InChI is InChI=1S/C12H14N4O5/c13-11-9(12(17)14-7-3-1-2-4-7)5-8(15(18)19)6-10(11)16(20)21/h5-7H,1-4,13H2,(H,14,17). The van der Waals surface area contributed by atoms with Gasteiger partial charge in [0.25, 0.3) is 17.3 Å². The fraction of sp³-hybridized carbons (Fsp3) is 0.417. The van der Waals surface area contributed by atoms with E-state index in [0.717, 1.165) is 37.8 Å². The Morgan fingerprint density at radius 3 is 2.33 bits per heavy atom. The van der Waals surface area contributed by atoms with E-state index in [1.165, 1.54) is 0 Å². The summed E-state index contributed by atoms with van der Waals surface area (Å²) >= 11 is 0. The molecule has 112 valence electrons. The Bertz CT molecular complexity index is 610. The third kappa shape index (κ3) is 3.07. The highest BCUT2D eigenvalue weighted by Gasteiger charge is 2.27. The van der Waals surface area contributed by atoms with Gasteiger partial charge >= 0.3 is 0 Å². The quantitative estimate of drug-likeness (QED) is 0.492. The van der Waals surface area contributed by atoms with E-state index in [2.05, 4.69) is 5.32 Å². The van der Waals surface area contributed by atoms with Crippen molar-refractivity contribution in [2.45, 2.75) is 31.7 Å². The lowest BCUT2D eigenvalue weighted by atomic mass is 10.1. The number of hydrogen-bond donors (Lipinski definition) is 2. The van der Waals surface area contributed by atoms with Crippen molar-refractivity contribution in [2.24, 2.45) is 0 Å². The SMILES string of the molecule is Nc1c(C(=O)NC2CCCC2)cc([N+](=O)[O-])cc1[N+](=O)[O-]. The van der Waals surface area contributed by atoms with E-state index in [0.29, 0.717) is 0 Å². The molecule has 0 aliphatic heterocycles. The zero-order valence-electron chi connectivity index (χ0n) is 11.1. The second kappa shape index (κ2) is 5.73. The van der Waals surface area contributed by atoms with Gasteiger partial charge in [-0.2, -0.15) is 0 Å². The summed E-state index contributed by atoms with van der Waals surface area (Å²) in [5.74, 6) is -0.619. The second-order valence-electron chi connectivity index (χ2n) is 4.90. The van der Waals surface area contributed by atoms with Gasteiger partial charge in [-0.3, -0.25) is 25.0 Å². The highest BCUT2D eigenvalue weighted by molar-refractivity contribution is 6.02. The fourth-order valence-corrected chi connectivity index (χ4v) is 2.40. The van der Waals surface area contributed by atoms with E-state index in [4.69, 9.17) is 5.73 Å². The third-order valence-corrected chi connectivity index (χ3v) is 3.49. The molecule has 9 nitrogen and oxygen atoms in total. The maximum absolute atomic E-state index is 12.1. The van der Waals surface area contributed by atoms with Crippen LogP contribution in [0, 0.1) is 20.2 Å². The van der Waals surface area contributed by atoms with Gasteiger partial charge in [0.2, 0.25) is 0 Å². The summed E-state index contributed by atoms with van der Waals surface area (Å²) in [5.41, 5.74) is 3.84. The van der Waals surface area contributed by atoms with E-state index in [9.17, 15) is 25.0 Å². The van der Waals surface area contributed by atoms with Crippen molar-refractivity contribution in [3.63, 3.8) is 0 Å². The van der Waals surface area contributed by atoms with E-state index in [1.807, 2.05) is 0 Å². The zero-order chi connectivity index (χ0) is 15.6. The van der Waals surface area contributed by atoms with Crippen LogP contribution in [0.4, 0.5) is 17.1 Å². The van der Waals surface area contributed by atoms with Gasteiger partial charge in [-0.25, -0.2) is 0 Å². The molecule has 3 N–H and O–H groups in total. The average Bonchev–Trinajstić information content (AvgIpc) is 2.90. The van der Waals surface area contributed by atoms with Gasteiger partial charge in [0, 0.05) is 12.1 Å². The Morgan fingerprint density at radius 2 is 1.81 bits per heavy atom. The fourth-order valence-electron chi connectivity index (χ4n) is 2.40. The predicted molar refractivity (Wildman–Crippen MR) is 73.9 cm³/mol. The summed E-state index contributed by atoms with van der Waals surface area (Å²) in [5, 5.41) is 24.4. The van der Waals surface area contributed by atoms with Crippen LogP contribution in [0.3, 0.4) is 0 Å². The number of nitro benzene ring substituents is 2. The Labute approximate surface area is 119 Å². The molecule has 2 rings (SSSR count). The maximum atomic E-state index is 12.1. The molecule has 1 amide bonds. The molecule has 0 radical (unpaired) electrons. The molecule has 1 saturated carbocycles. The molecule has 1 aliphatic carbocycles. The van der Waals surface area contributed by atoms with Crippen LogP contribution in [0.1, 0.15) is 36.0 Å². The number of rotatable bonds is 4. The number of benzene rings is 1. The van der Waals surface area contributed by atoms with Crippen LogP contribution in [0.25, 0.3) is 0 Å². The van der Waals surface area contributed by atoms with Crippen LogP contribution in [0.15, 0.2) is 12.1 Å². The van der Waals surface area contributed by atoms with Gasteiger partial charge in [-0.1, -0.05) is 12.8 Å². The van der Waals surface area contributed by atoms with Crippen molar-refractivity contribution in [2.75, 3.05) is 5.73 Å². The zero-order valence-corrected chi connectivity index (χ0v) is 11.1. The van der Waals surface area contributed by atoms with Crippen molar-refractivity contribution >= 4 is 23.0 Å². The Balaban J connectivity index is 2.38. The molecule has 1 aromatic carbocycles. The number of nitrogens with two attached hydrogens (primary N) is 1. The molecule has 0 bridgehead atoms. The molecule has 9 heteroatoms. The lowest BCUT2D eigenvalue weighted by Crippen LogP contribution is -2.33. The van der Waals surface area contributed by atoms with Crippen molar-refractivity contribution in [3.05, 3.63) is 37.9 Å². The number of nitrogens with one attached hydrogen (secondary N) is 1. The van der Waals surface area contributed by atoms with Gasteiger partial charge in [0.05, 0.1) is 21.5 Å². The van der Waals surface area contributed by atoms with E-state index >= 15 is 0 Å². The average molecular weight is 294 g/mol. The van der Waals surface area contributed by atoms with Crippen molar-refractivity contribution in [3.8, 4) is 0 Å². The number of carbonyl (C=O) groups excluding carboxylic acids is 1. The van der Waals surface area contributed by atoms with Crippen LogP contribution in [0.5, 0.6) is 0 Å². The summed E-state index contributed by atoms with van der Waals surface area (Å²) < 4.78 is 0. The van der Waals surface area contributed by atoms with Crippen LogP contribution < -0.4 is 11.1 Å². The predicted octanol–water partition coefficient (Wildman–Crippen LogP) is 1.76. The summed E-state index contributed by atoms with van der Waals surface area (Å²) in [7, 11) is 0. The molecular formula is C12H14N4O5. The minimum absolute atomic E-state index is 0.0183. The first-order valence-electron chi connectivity index (χ1n) is 6.43. The number of carbonyl (C=O) groups is 1. The van der Waals surface area contributed by atoms with Crippen LogP contribution >= 0.6 is 0 Å². The molecule has 1 aromatic rings. The largest absolute Gasteiger partial charge is 0.392 e. The smallest absolute Gasteiger partial charge is 0.299 e. The lowest BCUT2D eigenvalue weighted by Gasteiger charge is -2.13. The first-order chi connectivity index (χ1) is 9.90. The highest BCUT2D eigenvalue weighted by Crippen LogP contribution is 2.31. The summed E-state index contributed by atoms with van der Waals surface area (Å²) in [6, 6.07) is 1.70. The summed E-state index contributed by atoms with van der Waals surface area (Å²) in [6.45, 7) is 0. The Kier molecular flexibility index (Phi) is 4.01. The van der Waals surface area contributed by atoms with Crippen LogP contribution in [-0.2, 0) is 0 Å². The number of nitrogens with zero attached hydrogens (tertiary/aromatic N) is 2. The van der Waals surface area contributed by atoms with Crippen molar-refractivity contribution in [1.29, 1.82) is 0 Å². The first kappa shape index (κ1) is 14.7. The molecular weight excluding hydrogens is 280 g/mol. The number of anilines is 1. The van der Waals surface area contributed by atoms with Gasteiger partial charge in [-0.15, -0.1) is 0 Å². The van der Waals surface area contributed by atoms with E-state index in [1.54, 1.807) is 0 Å². The number of amides is 1. The lowest BCUT2D eigenvalue weighted by molar-refractivity contribution is -0.393. The molecule has 1 fully saturated rings. The van der Waals surface area contributed by atoms with Gasteiger partial charge in [0.15, 0.2) is 0 Å². The second-order valence-corrected chi connectivity index (χ2v) is 4.90. The number of nitro groups is 2. The molecule has 0 saturated heterocycles. The summed E-state index contributed by atoms with van der Waals surface area (Å²) in [4.78, 5) is 32.2. The van der Waals surface area contributed by atoms with E-state index in [-0.39, 0.29) is 17.3 Å². The molecule has 0 unspecified atom stereocenters. The topological polar surface area (TPSA) is 141 Å². The van der Waals surface area contributed by atoms with Crippen molar-refractivity contribution in [1.82, 2.24) is 5.32 Å². The minimum Gasteiger partial charge on any atom is -0.392 e. The minimum atomic E-state index is -0.839. The molecule has 0 atom stereocenters. The maximum Gasteiger partial charge on any atom is 0.299 e. The Hall–Kier alpha value is -2.71. The van der Waals surface area contributed by atoms with Gasteiger partial charge in [-0.05, 0) is 12.8 Å². The molecule has 0 heterocycles. The molecule has 1 aliphatic rings. The molecule has 0 aromatic heterocycles. The molecule has 0 spiro atoms. The highest BCUT2D eigenvalue weighted by atomic mass is 16.6. The Morgan fingerprint density at radius 1 is 1.19 bits per heavy atom. The third-order valence-electron chi connectivity index (χ3n) is 3.49. The number of nitrogen functional groups attached to an aromatic ring is 1. The van der Waals surface area contributed by atoms with Crippen LogP contribution in [-0.4, -0.2) is 21.8 Å². The normalized spacial score (nSPS) is 14.9. The van der Waals surface area contributed by atoms with Gasteiger partial charge in [0.1, 0.15) is 5.69 Å². The summed E-state index contributed by atoms with van der Waals surface area (Å²) in [6.07, 6.45) is 3.64. The van der Waals surface area contributed by atoms with Crippen molar-refractivity contribution < 1.29 is 14.6 Å². The van der Waals surface area contributed by atoms with E-state index < -0.39 is 27.1 Å². The monoisotopic (exact) mass is 294 g/mol. The number of non-ortho nitro benzene ring substituents is 1. The van der Waals surface area contributed by atoms with Gasteiger partial charge < -0.3 is 11.1 Å². The van der Waals surface area contributed by atoms with Crippen LogP contribution in [0.2, 0.25) is 0 Å². The molecule has 21 heavy (non-hydrogen) atoms. The number of hydrogen-bond acceptors (Lipinski definition) is 6.